The molecule has 0 N–H and O–H groups in total. The molecule has 3 rings (SSSR count). The van der Waals surface area contributed by atoms with Gasteiger partial charge in [0.1, 0.15) is 0 Å². The number of hydrogen-bond acceptors (Lipinski definition) is 5. The summed E-state index contributed by atoms with van der Waals surface area (Å²) in [5.41, 5.74) is 5.63. The van der Waals surface area contributed by atoms with Crippen LogP contribution >= 0.6 is 8.53 Å². The third kappa shape index (κ3) is 7.78. The maximum absolute atomic E-state index is 8.96. The molecule has 0 fully saturated rings. The van der Waals surface area contributed by atoms with Crippen LogP contribution in [0.1, 0.15) is 68.4 Å². The lowest BCUT2D eigenvalue weighted by atomic mass is 9.75. The SMILES string of the molecule is Cc1ccc(C(c2ccccc2)(c2ccc(C)cc2)N(C)CCOP(OCCCC#N)N(C(C)C)C(C)C)cc1. The molecule has 5 nitrogen and oxygen atoms in total. The zero-order chi connectivity index (χ0) is 29.1. The van der Waals surface area contributed by atoms with Crippen molar-refractivity contribution in [2.24, 2.45) is 0 Å². The Hall–Kier alpha value is -2.58. The molecule has 214 valence electrons. The molecule has 0 spiro atoms. The highest BCUT2D eigenvalue weighted by Crippen LogP contribution is 2.47. The van der Waals surface area contributed by atoms with Gasteiger partial charge >= 0.3 is 0 Å². The van der Waals surface area contributed by atoms with Gasteiger partial charge in [0.15, 0.2) is 0 Å². The van der Waals surface area contributed by atoms with E-state index in [0.29, 0.717) is 32.6 Å². The van der Waals surface area contributed by atoms with Gasteiger partial charge in [-0.25, -0.2) is 4.67 Å². The predicted octanol–water partition coefficient (Wildman–Crippen LogP) is 8.21. The fourth-order valence-corrected chi connectivity index (χ4v) is 6.91. The summed E-state index contributed by atoms with van der Waals surface area (Å²) in [5.74, 6) is 0. The summed E-state index contributed by atoms with van der Waals surface area (Å²) in [5, 5.41) is 8.96. The van der Waals surface area contributed by atoms with E-state index in [9.17, 15) is 0 Å². The Morgan fingerprint density at radius 1 is 0.750 bits per heavy atom. The van der Waals surface area contributed by atoms with E-state index in [4.69, 9.17) is 14.3 Å². The van der Waals surface area contributed by atoms with Crippen molar-refractivity contribution >= 4 is 8.53 Å². The normalized spacial score (nSPS) is 12.8. The van der Waals surface area contributed by atoms with Crippen molar-refractivity contribution in [3.8, 4) is 6.07 Å². The molecule has 3 aromatic rings. The minimum Gasteiger partial charge on any atom is -0.322 e. The second-order valence-electron chi connectivity index (χ2n) is 11.0. The van der Waals surface area contributed by atoms with Crippen LogP contribution in [0.5, 0.6) is 0 Å². The summed E-state index contributed by atoms with van der Waals surface area (Å²) < 4.78 is 15.1. The minimum atomic E-state index is -1.26. The van der Waals surface area contributed by atoms with Gasteiger partial charge in [0.2, 0.25) is 0 Å². The highest BCUT2D eigenvalue weighted by molar-refractivity contribution is 7.44. The number of nitriles is 1. The van der Waals surface area contributed by atoms with Crippen molar-refractivity contribution in [3.63, 3.8) is 0 Å². The fourth-order valence-electron chi connectivity index (χ4n) is 5.29. The molecule has 6 heteroatoms. The summed E-state index contributed by atoms with van der Waals surface area (Å²) in [7, 11) is 0.929. The Balaban J connectivity index is 1.97. The Morgan fingerprint density at radius 3 is 1.70 bits per heavy atom. The van der Waals surface area contributed by atoms with E-state index in [-0.39, 0.29) is 12.1 Å². The van der Waals surface area contributed by atoms with E-state index in [1.54, 1.807) is 0 Å². The molecule has 0 heterocycles. The van der Waals surface area contributed by atoms with Gasteiger partial charge in [-0.3, -0.25) is 4.90 Å². The van der Waals surface area contributed by atoms with Crippen molar-refractivity contribution in [2.45, 2.75) is 72.0 Å². The minimum absolute atomic E-state index is 0.281. The van der Waals surface area contributed by atoms with Crippen molar-refractivity contribution in [1.82, 2.24) is 9.57 Å². The van der Waals surface area contributed by atoms with Crippen LogP contribution in [0, 0.1) is 25.2 Å². The van der Waals surface area contributed by atoms with Crippen LogP contribution in [0.25, 0.3) is 0 Å². The summed E-state index contributed by atoms with van der Waals surface area (Å²) in [6, 6.07) is 31.3. The summed E-state index contributed by atoms with van der Waals surface area (Å²) in [6.07, 6.45) is 1.20. The number of rotatable bonds is 15. The van der Waals surface area contributed by atoms with Gasteiger partial charge in [-0.05, 0) is 71.7 Å². The van der Waals surface area contributed by atoms with Crippen molar-refractivity contribution in [3.05, 3.63) is 107 Å². The van der Waals surface area contributed by atoms with Gasteiger partial charge in [-0.2, -0.15) is 5.26 Å². The molecule has 40 heavy (non-hydrogen) atoms. The molecule has 0 amide bonds. The first-order valence-corrected chi connectivity index (χ1v) is 15.5. The van der Waals surface area contributed by atoms with Crippen molar-refractivity contribution in [1.29, 1.82) is 5.26 Å². The molecule has 0 aromatic heterocycles. The maximum Gasteiger partial charge on any atom is 0.259 e. The zero-order valence-corrected chi connectivity index (χ0v) is 26.2. The number of nitrogens with zero attached hydrogens (tertiary/aromatic N) is 3. The molecular weight excluding hydrogens is 513 g/mol. The topological polar surface area (TPSA) is 48.7 Å². The van der Waals surface area contributed by atoms with E-state index in [1.807, 2.05) is 0 Å². The highest BCUT2D eigenvalue weighted by atomic mass is 31.2. The van der Waals surface area contributed by atoms with Gasteiger partial charge in [0, 0.05) is 25.0 Å². The Morgan fingerprint density at radius 2 is 1.23 bits per heavy atom. The number of hydrogen-bond donors (Lipinski definition) is 0. The van der Waals surface area contributed by atoms with Gasteiger partial charge in [0.05, 0.1) is 24.8 Å². The molecule has 1 atom stereocenters. The third-order valence-electron chi connectivity index (χ3n) is 7.21. The molecule has 1 unspecified atom stereocenters. The van der Waals surface area contributed by atoms with Crippen molar-refractivity contribution < 1.29 is 9.05 Å². The summed E-state index contributed by atoms with van der Waals surface area (Å²) in [6.45, 7) is 14.7. The Bertz CT molecular complexity index is 1140. The van der Waals surface area contributed by atoms with E-state index >= 15 is 0 Å². The van der Waals surface area contributed by atoms with Gasteiger partial charge in [-0.1, -0.05) is 90.0 Å². The van der Waals surface area contributed by atoms with E-state index in [2.05, 4.69) is 143 Å². The van der Waals surface area contributed by atoms with Gasteiger partial charge in [0.25, 0.3) is 8.53 Å². The quantitative estimate of drug-likeness (QED) is 0.107. The second-order valence-corrected chi connectivity index (χ2v) is 12.4. The lowest BCUT2D eigenvalue weighted by Gasteiger charge is -2.44. The second kappa shape index (κ2) is 15.4. The molecule has 0 saturated heterocycles. The number of unbranched alkanes of at least 4 members (excludes halogenated alkanes) is 1. The van der Waals surface area contributed by atoms with Crippen LogP contribution < -0.4 is 0 Å². The Labute approximate surface area is 243 Å². The molecule has 0 radical (unpaired) electrons. The first-order chi connectivity index (χ1) is 19.2. The molecule has 0 aliphatic carbocycles. The maximum atomic E-state index is 8.96. The molecule has 0 aliphatic heterocycles. The lowest BCUT2D eigenvalue weighted by molar-refractivity contribution is 0.133. The smallest absolute Gasteiger partial charge is 0.259 e. The summed E-state index contributed by atoms with van der Waals surface area (Å²) in [4.78, 5) is 2.41. The number of aryl methyl sites for hydroxylation is 2. The van der Waals surface area contributed by atoms with Gasteiger partial charge in [-0.15, -0.1) is 0 Å². The first-order valence-electron chi connectivity index (χ1n) is 14.3. The first kappa shape index (κ1) is 31.9. The number of likely N-dealkylation sites (N-methyl/N-ethyl adjacent to an activating group) is 1. The molecular formula is C34H46N3O2P. The van der Waals surface area contributed by atoms with E-state index < -0.39 is 14.1 Å². The van der Waals surface area contributed by atoms with Crippen LogP contribution in [-0.4, -0.2) is 48.5 Å². The standard InChI is InChI=1S/C34H46N3O2P/c1-27(2)37(28(3)4)40(38-25-12-11-23-35)39-26-24-36(7)34(31-13-9-8-10-14-31,32-19-15-29(5)16-20-32)33-21-17-30(6)18-22-33/h8-10,13-22,27-28H,11-12,24-26H2,1-7H3. The van der Waals surface area contributed by atoms with Gasteiger partial charge < -0.3 is 9.05 Å². The molecule has 3 aromatic carbocycles. The van der Waals surface area contributed by atoms with Crippen LogP contribution in [0.3, 0.4) is 0 Å². The van der Waals surface area contributed by atoms with E-state index in [0.717, 1.165) is 0 Å². The van der Waals surface area contributed by atoms with Crippen LogP contribution in [0.15, 0.2) is 78.9 Å². The van der Waals surface area contributed by atoms with Crippen LogP contribution in [0.4, 0.5) is 0 Å². The third-order valence-corrected chi connectivity index (χ3v) is 9.32. The average Bonchev–Trinajstić information content (AvgIpc) is 2.93. The van der Waals surface area contributed by atoms with E-state index in [1.165, 1.54) is 27.8 Å². The molecule has 0 aliphatic rings. The monoisotopic (exact) mass is 559 g/mol. The molecule has 0 saturated carbocycles. The Kier molecular flexibility index (Phi) is 12.3. The molecule has 0 bridgehead atoms. The average molecular weight is 560 g/mol. The lowest BCUT2D eigenvalue weighted by Crippen LogP contribution is -2.47. The van der Waals surface area contributed by atoms with Crippen molar-refractivity contribution in [2.75, 3.05) is 26.8 Å². The summed E-state index contributed by atoms with van der Waals surface area (Å²) >= 11 is 0. The highest BCUT2D eigenvalue weighted by Gasteiger charge is 2.40. The number of benzene rings is 3. The zero-order valence-electron chi connectivity index (χ0n) is 25.3. The fraction of sp³-hybridized carbons (Fsp3) is 0.441. The largest absolute Gasteiger partial charge is 0.322 e. The van der Waals surface area contributed by atoms with Crippen LogP contribution in [-0.2, 0) is 14.6 Å². The predicted molar refractivity (Wildman–Crippen MR) is 167 cm³/mol. The van der Waals surface area contributed by atoms with Crippen LogP contribution in [0.2, 0.25) is 0 Å².